The van der Waals surface area contributed by atoms with Crippen molar-refractivity contribution in [3.05, 3.63) is 47.2 Å². The Bertz CT molecular complexity index is 815. The number of rotatable bonds is 5. The van der Waals surface area contributed by atoms with E-state index in [9.17, 15) is 4.79 Å². The van der Waals surface area contributed by atoms with E-state index in [1.54, 1.807) is 22.9 Å². The third kappa shape index (κ3) is 2.65. The van der Waals surface area contributed by atoms with Crippen LogP contribution in [-0.2, 0) is 17.8 Å². The zero-order valence-electron chi connectivity index (χ0n) is 12.2. The molecule has 0 bridgehead atoms. The molecule has 0 aromatic carbocycles. The minimum absolute atomic E-state index is 0.120. The number of ether oxygens (including phenoxy) is 1. The first-order chi connectivity index (χ1) is 10.5. The highest BCUT2D eigenvalue weighted by Gasteiger charge is 2.13. The summed E-state index contributed by atoms with van der Waals surface area (Å²) in [5.74, 6) is 0.389. The number of aliphatic carboxylic acids is 1. The van der Waals surface area contributed by atoms with Crippen LogP contribution in [0.3, 0.4) is 0 Å². The van der Waals surface area contributed by atoms with Crippen molar-refractivity contribution >= 4 is 11.6 Å². The molecule has 1 N–H and O–H groups in total. The molecule has 3 aromatic heterocycles. The molecule has 0 aliphatic heterocycles. The first-order valence-corrected chi connectivity index (χ1v) is 6.77. The number of nitrogens with zero attached hydrogens (tertiary/aromatic N) is 3. The standard InChI is InChI=1S/C15H15N3O4/c1-9-12(10(2)22-17-9)8-21-13-4-3-5-18-7-11(6-14(19)20)16-15(13)18/h3-5,7H,6,8H2,1-2H3,(H,19,20). The number of pyridine rings is 1. The first kappa shape index (κ1) is 14.1. The van der Waals surface area contributed by atoms with Crippen LogP contribution in [0, 0.1) is 13.8 Å². The fourth-order valence-electron chi connectivity index (χ4n) is 2.25. The van der Waals surface area contributed by atoms with Crippen molar-refractivity contribution < 1.29 is 19.2 Å². The van der Waals surface area contributed by atoms with E-state index in [1.807, 2.05) is 19.9 Å². The van der Waals surface area contributed by atoms with Crippen molar-refractivity contribution in [1.82, 2.24) is 14.5 Å². The van der Waals surface area contributed by atoms with Gasteiger partial charge in [0.25, 0.3) is 0 Å². The Morgan fingerprint density at radius 3 is 2.95 bits per heavy atom. The maximum absolute atomic E-state index is 10.8. The van der Waals surface area contributed by atoms with E-state index in [1.165, 1.54) is 0 Å². The molecule has 0 unspecified atom stereocenters. The van der Waals surface area contributed by atoms with Gasteiger partial charge in [-0.15, -0.1) is 0 Å². The van der Waals surface area contributed by atoms with Crippen LogP contribution in [0.2, 0.25) is 0 Å². The fraction of sp³-hybridized carbons (Fsp3) is 0.267. The average Bonchev–Trinajstić information content (AvgIpc) is 3.00. The number of carboxylic acids is 1. The molecular formula is C15H15N3O4. The number of carbonyl (C=O) groups is 1. The lowest BCUT2D eigenvalue weighted by atomic mass is 10.2. The van der Waals surface area contributed by atoms with Crippen LogP contribution in [0.4, 0.5) is 0 Å². The summed E-state index contributed by atoms with van der Waals surface area (Å²) in [5, 5.41) is 12.7. The molecule has 3 rings (SSSR count). The lowest BCUT2D eigenvalue weighted by molar-refractivity contribution is -0.136. The summed E-state index contributed by atoms with van der Waals surface area (Å²) >= 11 is 0. The normalized spacial score (nSPS) is 11.0. The summed E-state index contributed by atoms with van der Waals surface area (Å²) in [6.45, 7) is 4.01. The first-order valence-electron chi connectivity index (χ1n) is 6.77. The van der Waals surface area contributed by atoms with Gasteiger partial charge in [0, 0.05) is 12.4 Å². The summed E-state index contributed by atoms with van der Waals surface area (Å²) in [6, 6.07) is 3.62. The number of aryl methyl sites for hydroxylation is 2. The molecule has 0 atom stereocenters. The second kappa shape index (κ2) is 5.51. The van der Waals surface area contributed by atoms with E-state index in [0.717, 1.165) is 17.0 Å². The summed E-state index contributed by atoms with van der Waals surface area (Å²) in [7, 11) is 0. The molecule has 0 aliphatic rings. The molecule has 0 saturated carbocycles. The Morgan fingerprint density at radius 1 is 1.45 bits per heavy atom. The van der Waals surface area contributed by atoms with Gasteiger partial charge in [-0.25, -0.2) is 4.98 Å². The van der Waals surface area contributed by atoms with E-state index in [0.29, 0.717) is 23.7 Å². The van der Waals surface area contributed by atoms with Crippen molar-refractivity contribution in [1.29, 1.82) is 0 Å². The molecule has 0 spiro atoms. The van der Waals surface area contributed by atoms with E-state index in [2.05, 4.69) is 10.1 Å². The Kier molecular flexibility index (Phi) is 3.54. The highest BCUT2D eigenvalue weighted by Crippen LogP contribution is 2.22. The molecule has 3 aromatic rings. The number of aromatic nitrogens is 3. The van der Waals surface area contributed by atoms with Crippen molar-refractivity contribution in [3.63, 3.8) is 0 Å². The molecule has 0 radical (unpaired) electrons. The SMILES string of the molecule is Cc1noc(C)c1COc1cccn2cc(CC(=O)O)nc12. The van der Waals surface area contributed by atoms with E-state index in [4.69, 9.17) is 14.4 Å². The Hall–Kier alpha value is -2.83. The van der Waals surface area contributed by atoms with Crippen molar-refractivity contribution in [3.8, 4) is 5.75 Å². The smallest absolute Gasteiger partial charge is 0.309 e. The highest BCUT2D eigenvalue weighted by atomic mass is 16.5. The summed E-state index contributed by atoms with van der Waals surface area (Å²) < 4.78 is 12.7. The topological polar surface area (TPSA) is 89.9 Å². The van der Waals surface area contributed by atoms with Crippen LogP contribution in [0.15, 0.2) is 29.0 Å². The minimum atomic E-state index is -0.915. The van der Waals surface area contributed by atoms with Gasteiger partial charge in [0.15, 0.2) is 11.4 Å². The van der Waals surface area contributed by atoms with Gasteiger partial charge >= 0.3 is 5.97 Å². The Morgan fingerprint density at radius 2 is 2.27 bits per heavy atom. The molecule has 7 heteroatoms. The second-order valence-electron chi connectivity index (χ2n) is 5.00. The predicted octanol–water partition coefficient (Wildman–Crippen LogP) is 2.15. The van der Waals surface area contributed by atoms with Gasteiger partial charge in [0.1, 0.15) is 12.4 Å². The van der Waals surface area contributed by atoms with Crippen LogP contribution in [0.5, 0.6) is 5.75 Å². The quantitative estimate of drug-likeness (QED) is 0.776. The molecule has 22 heavy (non-hydrogen) atoms. The molecule has 0 aliphatic carbocycles. The van der Waals surface area contributed by atoms with Crippen molar-refractivity contribution in [2.45, 2.75) is 26.9 Å². The minimum Gasteiger partial charge on any atom is -0.485 e. The van der Waals surface area contributed by atoms with Crippen molar-refractivity contribution in [2.24, 2.45) is 0 Å². The zero-order chi connectivity index (χ0) is 15.7. The third-order valence-electron chi connectivity index (χ3n) is 3.38. The van der Waals surface area contributed by atoms with Gasteiger partial charge in [-0.1, -0.05) is 5.16 Å². The molecule has 0 amide bonds. The number of hydrogen-bond donors (Lipinski definition) is 1. The van der Waals surface area contributed by atoms with Crippen LogP contribution >= 0.6 is 0 Å². The molecule has 114 valence electrons. The van der Waals surface area contributed by atoms with Crippen LogP contribution in [0.25, 0.3) is 5.65 Å². The van der Waals surface area contributed by atoms with Crippen molar-refractivity contribution in [2.75, 3.05) is 0 Å². The summed E-state index contributed by atoms with van der Waals surface area (Å²) in [5.41, 5.74) is 2.77. The molecular weight excluding hydrogens is 286 g/mol. The molecule has 0 fully saturated rings. The second-order valence-corrected chi connectivity index (χ2v) is 5.00. The van der Waals surface area contributed by atoms with Gasteiger partial charge in [-0.2, -0.15) is 0 Å². The molecule has 3 heterocycles. The van der Waals surface area contributed by atoms with E-state index in [-0.39, 0.29) is 6.42 Å². The Labute approximate surface area is 126 Å². The average molecular weight is 301 g/mol. The molecule has 0 saturated heterocycles. The largest absolute Gasteiger partial charge is 0.485 e. The van der Waals surface area contributed by atoms with Crippen LogP contribution < -0.4 is 4.74 Å². The number of hydrogen-bond acceptors (Lipinski definition) is 5. The third-order valence-corrected chi connectivity index (χ3v) is 3.38. The van der Waals surface area contributed by atoms with Gasteiger partial charge in [0.05, 0.1) is 23.4 Å². The Balaban J connectivity index is 1.87. The van der Waals surface area contributed by atoms with Crippen LogP contribution in [-0.4, -0.2) is 25.6 Å². The highest BCUT2D eigenvalue weighted by molar-refractivity contribution is 5.70. The van der Waals surface area contributed by atoms with Gasteiger partial charge < -0.3 is 18.8 Å². The summed E-state index contributed by atoms with van der Waals surface area (Å²) in [4.78, 5) is 15.1. The molecule has 7 nitrogen and oxygen atoms in total. The zero-order valence-corrected chi connectivity index (χ0v) is 12.2. The fourth-order valence-corrected chi connectivity index (χ4v) is 2.25. The maximum atomic E-state index is 10.8. The summed E-state index contributed by atoms with van der Waals surface area (Å²) in [6.07, 6.45) is 3.37. The lowest BCUT2D eigenvalue weighted by Crippen LogP contribution is -2.00. The maximum Gasteiger partial charge on any atom is 0.309 e. The predicted molar refractivity (Wildman–Crippen MR) is 76.8 cm³/mol. The number of fused-ring (bicyclic) bond motifs is 1. The van der Waals surface area contributed by atoms with Gasteiger partial charge in [0.2, 0.25) is 0 Å². The van der Waals surface area contributed by atoms with E-state index < -0.39 is 5.97 Å². The van der Waals surface area contributed by atoms with Gasteiger partial charge in [-0.3, -0.25) is 4.79 Å². The number of imidazole rings is 1. The lowest BCUT2D eigenvalue weighted by Gasteiger charge is -2.06. The van der Waals surface area contributed by atoms with Gasteiger partial charge in [-0.05, 0) is 26.0 Å². The number of carboxylic acid groups (broad SMARTS) is 1. The monoisotopic (exact) mass is 301 g/mol. The van der Waals surface area contributed by atoms with E-state index >= 15 is 0 Å². The van der Waals surface area contributed by atoms with Crippen LogP contribution in [0.1, 0.15) is 22.7 Å².